The van der Waals surface area contributed by atoms with Gasteiger partial charge >= 0.3 is 5.97 Å². The maximum absolute atomic E-state index is 12.0. The first-order valence-corrected chi connectivity index (χ1v) is 7.13. The summed E-state index contributed by atoms with van der Waals surface area (Å²) < 4.78 is 30.2. The van der Waals surface area contributed by atoms with Gasteiger partial charge in [0.2, 0.25) is 10.0 Å². The lowest BCUT2D eigenvalue weighted by atomic mass is 10.2. The first-order valence-electron chi connectivity index (χ1n) is 5.27. The molecule has 0 radical (unpaired) electrons. The van der Waals surface area contributed by atoms with Crippen LogP contribution in [0.4, 0.5) is 0 Å². The van der Waals surface area contributed by atoms with Gasteiger partial charge in [-0.2, -0.15) is 5.26 Å². The number of rotatable bonds is 5. The molecule has 0 saturated carbocycles. The molecule has 1 unspecified atom stereocenters. The minimum Gasteiger partial charge on any atom is -0.467 e. The van der Waals surface area contributed by atoms with Crippen LogP contribution in [-0.4, -0.2) is 39.3 Å². The number of hydrogen-bond acceptors (Lipinski definition) is 6. The van der Waals surface area contributed by atoms with E-state index >= 15 is 0 Å². The van der Waals surface area contributed by atoms with Crippen LogP contribution in [-0.2, 0) is 19.6 Å². The number of sulfonamides is 1. The van der Waals surface area contributed by atoms with Crippen LogP contribution >= 0.6 is 11.6 Å². The third-order valence-electron chi connectivity index (χ3n) is 2.29. The molecule has 0 spiro atoms. The van der Waals surface area contributed by atoms with E-state index in [0.717, 1.165) is 13.2 Å². The topological polar surface area (TPSA) is 116 Å². The summed E-state index contributed by atoms with van der Waals surface area (Å²) in [5, 5.41) is 18.3. The van der Waals surface area contributed by atoms with E-state index in [4.69, 9.17) is 16.9 Å². The number of carbonyl (C=O) groups excluding carboxylic acids is 1. The standard InChI is InChI=1S/C11H11ClN2O5S/c1-19-11(16)9(15)6-14-20(17,18)10-4-8(12)3-2-7(10)5-13/h2-4,9,14-15H,6H2,1H3. The fourth-order valence-corrected chi connectivity index (χ4v) is 2.75. The molecule has 2 N–H and O–H groups in total. The maximum atomic E-state index is 12.0. The summed E-state index contributed by atoms with van der Waals surface area (Å²) in [7, 11) is -3.03. The lowest BCUT2D eigenvalue weighted by Crippen LogP contribution is -2.37. The summed E-state index contributed by atoms with van der Waals surface area (Å²) in [5.74, 6) is -0.973. The van der Waals surface area contributed by atoms with Gasteiger partial charge < -0.3 is 9.84 Å². The number of nitrogens with zero attached hydrogens (tertiary/aromatic N) is 1. The molecule has 7 nitrogen and oxygen atoms in total. The fourth-order valence-electron chi connectivity index (χ4n) is 1.30. The van der Waals surface area contributed by atoms with Crippen LogP contribution in [0.25, 0.3) is 0 Å². The van der Waals surface area contributed by atoms with Crippen molar-refractivity contribution < 1.29 is 23.1 Å². The van der Waals surface area contributed by atoms with E-state index in [1.54, 1.807) is 6.07 Å². The van der Waals surface area contributed by atoms with Gasteiger partial charge in [0, 0.05) is 11.6 Å². The van der Waals surface area contributed by atoms with E-state index in [0.29, 0.717) is 0 Å². The molecule has 0 bridgehead atoms. The fraction of sp³-hybridized carbons (Fsp3) is 0.273. The molecule has 108 valence electrons. The van der Waals surface area contributed by atoms with Crippen LogP contribution in [0.3, 0.4) is 0 Å². The Hall–Kier alpha value is -1.66. The summed E-state index contributed by atoms with van der Waals surface area (Å²) in [6.07, 6.45) is -1.64. The zero-order chi connectivity index (χ0) is 15.3. The van der Waals surface area contributed by atoms with Gasteiger partial charge in [-0.3, -0.25) is 0 Å². The zero-order valence-electron chi connectivity index (χ0n) is 10.3. The van der Waals surface area contributed by atoms with E-state index in [1.807, 2.05) is 4.72 Å². The Balaban J connectivity index is 2.98. The highest BCUT2D eigenvalue weighted by molar-refractivity contribution is 7.89. The van der Waals surface area contributed by atoms with E-state index < -0.39 is 28.6 Å². The molecule has 0 aliphatic rings. The number of halogens is 1. The van der Waals surface area contributed by atoms with Gasteiger partial charge in [-0.05, 0) is 18.2 Å². The predicted molar refractivity (Wildman–Crippen MR) is 69.4 cm³/mol. The van der Waals surface area contributed by atoms with E-state index in [-0.39, 0.29) is 15.5 Å². The second-order valence-electron chi connectivity index (χ2n) is 3.64. The molecule has 1 aromatic rings. The molecule has 1 atom stereocenters. The molecule has 1 aromatic carbocycles. The highest BCUT2D eigenvalue weighted by Crippen LogP contribution is 2.20. The van der Waals surface area contributed by atoms with E-state index in [2.05, 4.69) is 4.74 Å². The van der Waals surface area contributed by atoms with Crippen molar-refractivity contribution in [2.24, 2.45) is 0 Å². The first kappa shape index (κ1) is 16.4. The van der Waals surface area contributed by atoms with Crippen molar-refractivity contribution in [3.8, 4) is 6.07 Å². The van der Waals surface area contributed by atoms with Crippen molar-refractivity contribution in [1.82, 2.24) is 4.72 Å². The van der Waals surface area contributed by atoms with E-state index in [9.17, 15) is 18.3 Å². The van der Waals surface area contributed by atoms with Gasteiger partial charge in [-0.25, -0.2) is 17.9 Å². The Morgan fingerprint density at radius 1 is 1.60 bits per heavy atom. The summed E-state index contributed by atoms with van der Waals surface area (Å²) in [6, 6.07) is 5.46. The van der Waals surface area contributed by atoms with Gasteiger partial charge in [-0.15, -0.1) is 0 Å². The highest BCUT2D eigenvalue weighted by atomic mass is 35.5. The Morgan fingerprint density at radius 2 is 2.25 bits per heavy atom. The van der Waals surface area contributed by atoms with Crippen molar-refractivity contribution in [2.75, 3.05) is 13.7 Å². The summed E-state index contributed by atoms with van der Waals surface area (Å²) in [4.78, 5) is 10.6. The Kier molecular flexibility index (Phi) is 5.47. The van der Waals surface area contributed by atoms with E-state index in [1.165, 1.54) is 12.1 Å². The second-order valence-corrected chi connectivity index (χ2v) is 5.81. The lowest BCUT2D eigenvalue weighted by Gasteiger charge is -2.11. The molecular weight excluding hydrogens is 308 g/mol. The number of carbonyl (C=O) groups is 1. The minimum absolute atomic E-state index is 0.102. The van der Waals surface area contributed by atoms with Crippen molar-refractivity contribution in [2.45, 2.75) is 11.0 Å². The van der Waals surface area contributed by atoms with Crippen LogP contribution in [0.2, 0.25) is 5.02 Å². The first-order chi connectivity index (χ1) is 9.31. The number of nitriles is 1. The van der Waals surface area contributed by atoms with Gasteiger partial charge in [0.1, 0.15) is 11.0 Å². The van der Waals surface area contributed by atoms with Gasteiger partial charge in [0.15, 0.2) is 6.10 Å². The average molecular weight is 319 g/mol. The number of ether oxygens (including phenoxy) is 1. The molecule has 0 amide bonds. The maximum Gasteiger partial charge on any atom is 0.336 e. The van der Waals surface area contributed by atoms with Crippen molar-refractivity contribution in [3.63, 3.8) is 0 Å². The molecule has 9 heteroatoms. The molecule has 0 saturated heterocycles. The number of methoxy groups -OCH3 is 1. The monoisotopic (exact) mass is 318 g/mol. The molecule has 0 aliphatic carbocycles. The molecule has 0 aliphatic heterocycles. The third kappa shape index (κ3) is 3.91. The Labute approximate surface area is 120 Å². The number of esters is 1. The van der Waals surface area contributed by atoms with Crippen molar-refractivity contribution in [3.05, 3.63) is 28.8 Å². The average Bonchev–Trinajstić information content (AvgIpc) is 2.43. The molecule has 0 aromatic heterocycles. The number of nitrogens with one attached hydrogen (secondary N) is 1. The van der Waals surface area contributed by atoms with Crippen LogP contribution in [0.15, 0.2) is 23.1 Å². The second kappa shape index (κ2) is 6.67. The minimum atomic E-state index is -4.09. The van der Waals surface area contributed by atoms with Crippen LogP contribution < -0.4 is 4.72 Å². The summed E-state index contributed by atoms with van der Waals surface area (Å²) in [5.41, 5.74) is -0.102. The highest BCUT2D eigenvalue weighted by Gasteiger charge is 2.23. The van der Waals surface area contributed by atoms with Crippen LogP contribution in [0.5, 0.6) is 0 Å². The van der Waals surface area contributed by atoms with Crippen LogP contribution in [0, 0.1) is 11.3 Å². The van der Waals surface area contributed by atoms with Gasteiger partial charge in [-0.1, -0.05) is 11.6 Å². The quantitative estimate of drug-likeness (QED) is 0.739. The smallest absolute Gasteiger partial charge is 0.336 e. The van der Waals surface area contributed by atoms with Crippen LogP contribution in [0.1, 0.15) is 5.56 Å². The van der Waals surface area contributed by atoms with Crippen molar-refractivity contribution in [1.29, 1.82) is 5.26 Å². The summed E-state index contributed by atoms with van der Waals surface area (Å²) in [6.45, 7) is -0.577. The molecule has 20 heavy (non-hydrogen) atoms. The Bertz CT molecular complexity index is 653. The number of benzene rings is 1. The molecule has 0 fully saturated rings. The Morgan fingerprint density at radius 3 is 2.80 bits per heavy atom. The molecule has 0 heterocycles. The third-order valence-corrected chi connectivity index (χ3v) is 3.99. The zero-order valence-corrected chi connectivity index (χ0v) is 11.9. The van der Waals surface area contributed by atoms with Gasteiger partial charge in [0.05, 0.1) is 12.7 Å². The lowest BCUT2D eigenvalue weighted by molar-refractivity contribution is -0.149. The normalized spacial score (nSPS) is 12.5. The van der Waals surface area contributed by atoms with Gasteiger partial charge in [0.25, 0.3) is 0 Å². The predicted octanol–water partition coefficient (Wildman–Crippen LogP) is 0.0239. The number of aliphatic hydroxyl groups is 1. The largest absolute Gasteiger partial charge is 0.467 e. The van der Waals surface area contributed by atoms with Crippen molar-refractivity contribution >= 4 is 27.6 Å². The molecular formula is C11H11ClN2O5S. The number of hydrogen-bond donors (Lipinski definition) is 2. The summed E-state index contributed by atoms with van der Waals surface area (Å²) >= 11 is 5.69. The molecule has 1 rings (SSSR count). The SMILES string of the molecule is COC(=O)C(O)CNS(=O)(=O)c1cc(Cl)ccc1C#N. The number of aliphatic hydroxyl groups excluding tert-OH is 1.